The number of ether oxygens (including phenoxy) is 1. The third-order valence-corrected chi connectivity index (χ3v) is 1.23. The second-order valence-corrected chi connectivity index (χ2v) is 2.10. The van der Waals surface area contributed by atoms with Crippen molar-refractivity contribution >= 4 is 0 Å². The molecule has 0 aliphatic heterocycles. The van der Waals surface area contributed by atoms with Crippen molar-refractivity contribution in [1.29, 1.82) is 0 Å². The number of allylic oxidation sites excluding steroid dienone is 1. The van der Waals surface area contributed by atoms with E-state index >= 15 is 0 Å². The molecule has 0 rings (SSSR count). The van der Waals surface area contributed by atoms with Gasteiger partial charge in [0.1, 0.15) is 0 Å². The van der Waals surface area contributed by atoms with E-state index in [2.05, 4.69) is 0 Å². The fraction of sp³-hybridized carbons (Fsp3) is 0.500. The number of halogens is 1. The number of rotatable bonds is 5. The molecule has 0 spiro atoms. The molecule has 0 fully saturated rings. The van der Waals surface area contributed by atoms with Gasteiger partial charge >= 0.3 is 0 Å². The predicted octanol–water partition coefficient (Wildman–Crippen LogP) is 1.39. The Kier molecular flexibility index (Phi) is 6.98. The molecule has 0 aliphatic rings. The van der Waals surface area contributed by atoms with E-state index < -0.39 is 0 Å². The minimum Gasteiger partial charge on any atom is -0.381 e. The maximum atomic E-state index is 11.9. The second-order valence-electron chi connectivity index (χ2n) is 2.10. The molecule has 0 aromatic rings. The van der Waals surface area contributed by atoms with Gasteiger partial charge in [-0.05, 0) is 12.0 Å². The van der Waals surface area contributed by atoms with E-state index in [0.717, 1.165) is 0 Å². The molecule has 0 aromatic carbocycles. The molecule has 0 saturated heterocycles. The standard InChI is InChI=1S/C8H14FNO/c1-11-5-3-2-4-8(6-9)7-10/h2-3,6H,4-5,7,10H2,1H3/b3-2+,8-6-. The zero-order chi connectivity index (χ0) is 8.53. The average molecular weight is 159 g/mol. The van der Waals surface area contributed by atoms with Crippen molar-refractivity contribution in [1.82, 2.24) is 0 Å². The van der Waals surface area contributed by atoms with Crippen LogP contribution < -0.4 is 5.73 Å². The number of methoxy groups -OCH3 is 1. The highest BCUT2D eigenvalue weighted by molar-refractivity contribution is 5.05. The van der Waals surface area contributed by atoms with Crippen LogP contribution in [-0.4, -0.2) is 20.3 Å². The summed E-state index contributed by atoms with van der Waals surface area (Å²) < 4.78 is 16.6. The molecule has 0 unspecified atom stereocenters. The number of hydrogen-bond donors (Lipinski definition) is 1. The first-order valence-corrected chi connectivity index (χ1v) is 3.47. The Morgan fingerprint density at radius 3 is 2.73 bits per heavy atom. The molecular weight excluding hydrogens is 145 g/mol. The van der Waals surface area contributed by atoms with Gasteiger partial charge in [-0.1, -0.05) is 12.2 Å². The SMILES string of the molecule is COC/C=C/C/C(=C/F)CN. The molecule has 0 aliphatic carbocycles. The first-order chi connectivity index (χ1) is 5.35. The third kappa shape index (κ3) is 5.76. The van der Waals surface area contributed by atoms with E-state index in [1.165, 1.54) is 0 Å². The van der Waals surface area contributed by atoms with Gasteiger partial charge in [0.2, 0.25) is 0 Å². The Morgan fingerprint density at radius 1 is 1.55 bits per heavy atom. The summed E-state index contributed by atoms with van der Waals surface area (Å²) >= 11 is 0. The minimum atomic E-state index is 0.272. The summed E-state index contributed by atoms with van der Waals surface area (Å²) in [5.74, 6) is 0. The van der Waals surface area contributed by atoms with Crippen LogP contribution in [0, 0.1) is 0 Å². The Bertz CT molecular complexity index is 143. The molecule has 2 nitrogen and oxygen atoms in total. The summed E-state index contributed by atoms with van der Waals surface area (Å²) in [5.41, 5.74) is 5.82. The van der Waals surface area contributed by atoms with Crippen molar-refractivity contribution in [2.24, 2.45) is 5.73 Å². The maximum Gasteiger partial charge on any atom is 0.0874 e. The molecule has 2 N–H and O–H groups in total. The molecule has 0 aromatic heterocycles. The van der Waals surface area contributed by atoms with E-state index in [-0.39, 0.29) is 6.54 Å². The van der Waals surface area contributed by atoms with E-state index in [9.17, 15) is 4.39 Å². The topological polar surface area (TPSA) is 35.2 Å². The Balaban J connectivity index is 3.50. The lowest BCUT2D eigenvalue weighted by molar-refractivity contribution is 0.233. The highest BCUT2D eigenvalue weighted by Crippen LogP contribution is 1.99. The lowest BCUT2D eigenvalue weighted by Crippen LogP contribution is -2.01. The van der Waals surface area contributed by atoms with E-state index in [1.807, 2.05) is 12.2 Å². The Morgan fingerprint density at radius 2 is 2.27 bits per heavy atom. The fourth-order valence-electron chi connectivity index (χ4n) is 0.571. The quantitative estimate of drug-likeness (QED) is 0.615. The van der Waals surface area contributed by atoms with Crippen LogP contribution in [0.1, 0.15) is 6.42 Å². The van der Waals surface area contributed by atoms with Gasteiger partial charge in [0.05, 0.1) is 12.9 Å². The van der Waals surface area contributed by atoms with Crippen LogP contribution in [0.5, 0.6) is 0 Å². The van der Waals surface area contributed by atoms with Gasteiger partial charge in [-0.25, -0.2) is 4.39 Å². The van der Waals surface area contributed by atoms with Crippen molar-refractivity contribution in [2.45, 2.75) is 6.42 Å². The van der Waals surface area contributed by atoms with Crippen molar-refractivity contribution in [2.75, 3.05) is 20.3 Å². The summed E-state index contributed by atoms with van der Waals surface area (Å²) in [6.45, 7) is 0.831. The van der Waals surface area contributed by atoms with Gasteiger partial charge in [0, 0.05) is 13.7 Å². The van der Waals surface area contributed by atoms with Crippen LogP contribution in [0.15, 0.2) is 24.1 Å². The van der Waals surface area contributed by atoms with Crippen LogP contribution in [0.3, 0.4) is 0 Å². The zero-order valence-electron chi connectivity index (χ0n) is 6.72. The van der Waals surface area contributed by atoms with Crippen molar-refractivity contribution in [3.8, 4) is 0 Å². The van der Waals surface area contributed by atoms with E-state index in [1.54, 1.807) is 7.11 Å². The van der Waals surface area contributed by atoms with Crippen LogP contribution in [0.4, 0.5) is 4.39 Å². The fourth-order valence-corrected chi connectivity index (χ4v) is 0.571. The summed E-state index contributed by atoms with van der Waals surface area (Å²) in [7, 11) is 1.61. The molecule has 0 amide bonds. The minimum absolute atomic E-state index is 0.272. The number of nitrogens with two attached hydrogens (primary N) is 1. The summed E-state index contributed by atoms with van der Waals surface area (Å²) in [5, 5.41) is 0. The predicted molar refractivity (Wildman–Crippen MR) is 43.9 cm³/mol. The summed E-state index contributed by atoms with van der Waals surface area (Å²) in [4.78, 5) is 0. The van der Waals surface area contributed by atoms with Crippen LogP contribution in [0.25, 0.3) is 0 Å². The first kappa shape index (κ1) is 10.3. The van der Waals surface area contributed by atoms with Gasteiger partial charge < -0.3 is 10.5 Å². The smallest absolute Gasteiger partial charge is 0.0874 e. The second kappa shape index (κ2) is 7.44. The Labute approximate surface area is 66.5 Å². The molecule has 0 atom stereocenters. The lowest BCUT2D eigenvalue weighted by atomic mass is 10.2. The summed E-state index contributed by atoms with van der Waals surface area (Å²) in [6, 6.07) is 0. The van der Waals surface area contributed by atoms with Crippen LogP contribution >= 0.6 is 0 Å². The molecule has 0 bridgehead atoms. The largest absolute Gasteiger partial charge is 0.381 e. The van der Waals surface area contributed by atoms with Gasteiger partial charge in [-0.3, -0.25) is 0 Å². The molecule has 0 radical (unpaired) electrons. The van der Waals surface area contributed by atoms with Gasteiger partial charge in [-0.15, -0.1) is 0 Å². The molecule has 0 heterocycles. The highest BCUT2D eigenvalue weighted by Gasteiger charge is 1.88. The third-order valence-electron chi connectivity index (χ3n) is 1.23. The average Bonchev–Trinajstić information content (AvgIpc) is 2.05. The molecule has 64 valence electrons. The van der Waals surface area contributed by atoms with Gasteiger partial charge in [0.15, 0.2) is 0 Å². The van der Waals surface area contributed by atoms with Crippen molar-refractivity contribution < 1.29 is 9.13 Å². The van der Waals surface area contributed by atoms with Gasteiger partial charge in [0.25, 0.3) is 0 Å². The van der Waals surface area contributed by atoms with E-state index in [0.29, 0.717) is 24.9 Å². The van der Waals surface area contributed by atoms with Crippen molar-refractivity contribution in [3.05, 3.63) is 24.1 Å². The molecular formula is C8H14FNO. The Hall–Kier alpha value is -0.670. The zero-order valence-corrected chi connectivity index (χ0v) is 6.72. The maximum absolute atomic E-state index is 11.9. The monoisotopic (exact) mass is 159 g/mol. The molecule has 0 saturated carbocycles. The highest BCUT2D eigenvalue weighted by atomic mass is 19.1. The lowest BCUT2D eigenvalue weighted by Gasteiger charge is -1.95. The van der Waals surface area contributed by atoms with E-state index in [4.69, 9.17) is 10.5 Å². The normalized spacial score (nSPS) is 12.8. The molecule has 3 heteroatoms. The summed E-state index contributed by atoms with van der Waals surface area (Å²) in [6.07, 6.45) is 4.79. The van der Waals surface area contributed by atoms with Crippen LogP contribution in [0.2, 0.25) is 0 Å². The van der Waals surface area contributed by atoms with Crippen LogP contribution in [-0.2, 0) is 4.74 Å². The molecule has 11 heavy (non-hydrogen) atoms. The first-order valence-electron chi connectivity index (χ1n) is 3.47. The van der Waals surface area contributed by atoms with Gasteiger partial charge in [-0.2, -0.15) is 0 Å². The van der Waals surface area contributed by atoms with Crippen molar-refractivity contribution in [3.63, 3.8) is 0 Å². The number of hydrogen-bond acceptors (Lipinski definition) is 2.